The molecule has 6 heteroatoms. The van der Waals surface area contributed by atoms with Gasteiger partial charge >= 0.3 is 5.97 Å². The Morgan fingerprint density at radius 2 is 2.12 bits per heavy atom. The zero-order chi connectivity index (χ0) is 12.4. The number of rotatable bonds is 2. The molecule has 0 atom stereocenters. The summed E-state index contributed by atoms with van der Waals surface area (Å²) in [6, 6.07) is 0. The van der Waals surface area contributed by atoms with Crippen LogP contribution in [0.1, 0.15) is 21.9 Å². The number of hydrogen-bond donors (Lipinski definition) is 0. The SMILES string of the molecule is COC(=O)c1cncc(-n2cnc(C)c2C)n1. The molecule has 2 aromatic rings. The van der Waals surface area contributed by atoms with Gasteiger partial charge in [0.15, 0.2) is 11.5 Å². The van der Waals surface area contributed by atoms with Crippen LogP contribution in [0.4, 0.5) is 0 Å². The molecule has 0 spiro atoms. The summed E-state index contributed by atoms with van der Waals surface area (Å²) in [5.41, 5.74) is 2.05. The minimum atomic E-state index is -0.506. The minimum Gasteiger partial charge on any atom is -0.464 e. The van der Waals surface area contributed by atoms with Gasteiger partial charge in [-0.05, 0) is 13.8 Å². The highest BCUT2D eigenvalue weighted by Gasteiger charge is 2.11. The molecule has 17 heavy (non-hydrogen) atoms. The van der Waals surface area contributed by atoms with E-state index in [2.05, 4.69) is 19.7 Å². The standard InChI is InChI=1S/C11H12N4O2/c1-7-8(2)15(6-13-7)10-5-12-4-9(14-10)11(16)17-3/h4-6H,1-3H3. The van der Waals surface area contributed by atoms with Gasteiger partial charge in [0.1, 0.15) is 6.33 Å². The molecule has 0 aliphatic heterocycles. The normalized spacial score (nSPS) is 10.3. The molecule has 88 valence electrons. The molecule has 0 aromatic carbocycles. The molecule has 2 heterocycles. The molecule has 0 unspecified atom stereocenters. The number of nitrogens with zero attached hydrogens (tertiary/aromatic N) is 4. The van der Waals surface area contributed by atoms with Crippen LogP contribution in [-0.2, 0) is 4.74 Å². The van der Waals surface area contributed by atoms with Crippen molar-refractivity contribution in [3.63, 3.8) is 0 Å². The van der Waals surface area contributed by atoms with Crippen molar-refractivity contribution < 1.29 is 9.53 Å². The lowest BCUT2D eigenvalue weighted by Gasteiger charge is -2.05. The molecule has 0 radical (unpaired) electrons. The van der Waals surface area contributed by atoms with Gasteiger partial charge < -0.3 is 4.74 Å². The average molecular weight is 232 g/mol. The Morgan fingerprint density at radius 3 is 2.71 bits per heavy atom. The van der Waals surface area contributed by atoms with E-state index in [-0.39, 0.29) is 5.69 Å². The van der Waals surface area contributed by atoms with Gasteiger partial charge in [0, 0.05) is 5.69 Å². The van der Waals surface area contributed by atoms with E-state index in [0.717, 1.165) is 11.4 Å². The van der Waals surface area contributed by atoms with Gasteiger partial charge in [-0.3, -0.25) is 9.55 Å². The Labute approximate surface area is 98.3 Å². The second-order valence-electron chi connectivity index (χ2n) is 3.54. The summed E-state index contributed by atoms with van der Waals surface area (Å²) >= 11 is 0. The quantitative estimate of drug-likeness (QED) is 0.724. The van der Waals surface area contributed by atoms with Crippen molar-refractivity contribution in [1.29, 1.82) is 0 Å². The van der Waals surface area contributed by atoms with Gasteiger partial charge in [-0.2, -0.15) is 0 Å². The molecule has 2 rings (SSSR count). The maximum atomic E-state index is 11.3. The third kappa shape index (κ3) is 2.01. The number of carbonyl (C=O) groups excluding carboxylic acids is 1. The lowest BCUT2D eigenvalue weighted by atomic mass is 10.4. The fourth-order valence-corrected chi connectivity index (χ4v) is 1.40. The van der Waals surface area contributed by atoms with Crippen LogP contribution in [0.2, 0.25) is 0 Å². The molecule has 0 fully saturated rings. The summed E-state index contributed by atoms with van der Waals surface area (Å²) in [6.07, 6.45) is 4.59. The molecule has 0 saturated carbocycles. The maximum absolute atomic E-state index is 11.3. The van der Waals surface area contributed by atoms with Crippen LogP contribution in [0.3, 0.4) is 0 Å². The maximum Gasteiger partial charge on any atom is 0.358 e. The highest BCUT2D eigenvalue weighted by atomic mass is 16.5. The summed E-state index contributed by atoms with van der Waals surface area (Å²) in [5.74, 6) is 0.0415. The van der Waals surface area contributed by atoms with Crippen LogP contribution < -0.4 is 0 Å². The summed E-state index contributed by atoms with van der Waals surface area (Å²) in [5, 5.41) is 0. The summed E-state index contributed by atoms with van der Waals surface area (Å²) in [4.78, 5) is 23.6. The van der Waals surface area contributed by atoms with Gasteiger partial charge in [-0.1, -0.05) is 0 Å². The number of imidazole rings is 1. The van der Waals surface area contributed by atoms with Crippen molar-refractivity contribution in [3.05, 3.63) is 35.8 Å². The Hall–Kier alpha value is -2.24. The van der Waals surface area contributed by atoms with E-state index in [1.54, 1.807) is 17.1 Å². The second kappa shape index (κ2) is 4.32. The number of methoxy groups -OCH3 is 1. The first-order chi connectivity index (χ1) is 8.13. The van der Waals surface area contributed by atoms with Gasteiger partial charge in [0.05, 0.1) is 25.2 Å². The fraction of sp³-hybridized carbons (Fsp3) is 0.273. The van der Waals surface area contributed by atoms with Crippen LogP contribution in [0, 0.1) is 13.8 Å². The van der Waals surface area contributed by atoms with Crippen LogP contribution in [0.15, 0.2) is 18.7 Å². The Kier molecular flexibility index (Phi) is 2.86. The predicted molar refractivity (Wildman–Crippen MR) is 60.0 cm³/mol. The van der Waals surface area contributed by atoms with Crippen molar-refractivity contribution in [3.8, 4) is 5.82 Å². The molecule has 0 saturated heterocycles. The van der Waals surface area contributed by atoms with Crippen molar-refractivity contribution in [1.82, 2.24) is 19.5 Å². The van der Waals surface area contributed by atoms with E-state index < -0.39 is 5.97 Å². The molecule has 0 aliphatic rings. The predicted octanol–water partition coefficient (Wildman–Crippen LogP) is 1.07. The molecule has 0 bridgehead atoms. The highest BCUT2D eigenvalue weighted by molar-refractivity contribution is 5.86. The fourth-order valence-electron chi connectivity index (χ4n) is 1.40. The third-order valence-corrected chi connectivity index (χ3v) is 2.51. The average Bonchev–Trinajstić information content (AvgIpc) is 2.69. The summed E-state index contributed by atoms with van der Waals surface area (Å²) < 4.78 is 6.37. The van der Waals surface area contributed by atoms with Crippen LogP contribution in [0.5, 0.6) is 0 Å². The zero-order valence-electron chi connectivity index (χ0n) is 9.84. The number of hydrogen-bond acceptors (Lipinski definition) is 5. The Bertz CT molecular complexity index is 562. The van der Waals surface area contributed by atoms with Crippen molar-refractivity contribution in [2.45, 2.75) is 13.8 Å². The van der Waals surface area contributed by atoms with E-state index in [0.29, 0.717) is 5.82 Å². The highest BCUT2D eigenvalue weighted by Crippen LogP contribution is 2.11. The zero-order valence-corrected chi connectivity index (χ0v) is 9.84. The molecule has 0 aliphatic carbocycles. The van der Waals surface area contributed by atoms with Gasteiger partial charge in [-0.25, -0.2) is 14.8 Å². The molecular weight excluding hydrogens is 220 g/mol. The van der Waals surface area contributed by atoms with Gasteiger partial charge in [0.2, 0.25) is 0 Å². The van der Waals surface area contributed by atoms with Gasteiger partial charge in [0.25, 0.3) is 0 Å². The first-order valence-electron chi connectivity index (χ1n) is 5.04. The smallest absolute Gasteiger partial charge is 0.358 e. The Morgan fingerprint density at radius 1 is 1.35 bits per heavy atom. The van der Waals surface area contributed by atoms with E-state index in [1.807, 2.05) is 13.8 Å². The van der Waals surface area contributed by atoms with E-state index >= 15 is 0 Å². The first kappa shape index (κ1) is 11.3. The lowest BCUT2D eigenvalue weighted by Crippen LogP contribution is -2.08. The van der Waals surface area contributed by atoms with E-state index in [4.69, 9.17) is 0 Å². The molecule has 6 nitrogen and oxygen atoms in total. The Balaban J connectivity index is 2.47. The minimum absolute atomic E-state index is 0.177. The monoisotopic (exact) mass is 232 g/mol. The second-order valence-corrected chi connectivity index (χ2v) is 3.54. The van der Waals surface area contributed by atoms with Crippen LogP contribution in [0.25, 0.3) is 5.82 Å². The van der Waals surface area contributed by atoms with E-state index in [9.17, 15) is 4.79 Å². The third-order valence-electron chi connectivity index (χ3n) is 2.51. The number of aryl methyl sites for hydroxylation is 1. The number of esters is 1. The van der Waals surface area contributed by atoms with E-state index in [1.165, 1.54) is 13.3 Å². The van der Waals surface area contributed by atoms with Crippen molar-refractivity contribution >= 4 is 5.97 Å². The lowest BCUT2D eigenvalue weighted by molar-refractivity contribution is 0.0593. The number of ether oxygens (including phenoxy) is 1. The molecule has 2 aromatic heterocycles. The largest absolute Gasteiger partial charge is 0.464 e. The topological polar surface area (TPSA) is 69.9 Å². The number of aromatic nitrogens is 4. The molecule has 0 N–H and O–H groups in total. The van der Waals surface area contributed by atoms with Crippen LogP contribution >= 0.6 is 0 Å². The summed E-state index contributed by atoms with van der Waals surface area (Å²) in [6.45, 7) is 3.83. The summed E-state index contributed by atoms with van der Waals surface area (Å²) in [7, 11) is 1.31. The number of carbonyl (C=O) groups is 1. The molecule has 0 amide bonds. The van der Waals surface area contributed by atoms with Crippen molar-refractivity contribution in [2.75, 3.05) is 7.11 Å². The van der Waals surface area contributed by atoms with Gasteiger partial charge in [-0.15, -0.1) is 0 Å². The van der Waals surface area contributed by atoms with Crippen LogP contribution in [-0.4, -0.2) is 32.6 Å². The molecular formula is C11H12N4O2. The van der Waals surface area contributed by atoms with Crippen molar-refractivity contribution in [2.24, 2.45) is 0 Å². The first-order valence-corrected chi connectivity index (χ1v) is 5.04.